The Balaban J connectivity index is 1.24. The molecule has 0 radical (unpaired) electrons. The van der Waals surface area contributed by atoms with E-state index in [4.69, 9.17) is 14.2 Å². The average molecular weight is 540 g/mol. The molecule has 4 aromatic rings. The lowest BCUT2D eigenvalue weighted by Gasteiger charge is -2.19. The fourth-order valence-corrected chi connectivity index (χ4v) is 5.25. The minimum Gasteiger partial charge on any atom is -0.375 e. The number of hydrogen-bond acceptors (Lipinski definition) is 3. The lowest BCUT2D eigenvalue weighted by molar-refractivity contribution is 0.0411. The molecule has 2 saturated heterocycles. The molecule has 2 atom stereocenters. The maximum atomic E-state index is 6.27. The van der Waals surface area contributed by atoms with Crippen LogP contribution in [0.1, 0.15) is 11.1 Å². The van der Waals surface area contributed by atoms with Gasteiger partial charge >= 0.3 is 0 Å². The van der Waals surface area contributed by atoms with E-state index in [9.17, 15) is 0 Å². The minimum absolute atomic E-state index is 0.368. The molecule has 0 aliphatic carbocycles. The maximum absolute atomic E-state index is 6.27. The number of ether oxygens (including phenoxy) is 3. The van der Waals surface area contributed by atoms with Crippen LogP contribution in [0.5, 0.6) is 0 Å². The summed E-state index contributed by atoms with van der Waals surface area (Å²) in [6.07, 6.45) is 0. The normalized spacial score (nSPS) is 24.6. The number of benzene rings is 4. The van der Waals surface area contributed by atoms with Gasteiger partial charge in [-0.1, -0.05) is 80.4 Å². The van der Waals surface area contributed by atoms with Crippen LogP contribution in [-0.4, -0.2) is 26.4 Å². The molecule has 0 spiro atoms. The van der Waals surface area contributed by atoms with Crippen LogP contribution in [0.2, 0.25) is 0 Å². The Morgan fingerprint density at radius 2 is 1.13 bits per heavy atom. The highest BCUT2D eigenvalue weighted by atomic mass is 79.9. The van der Waals surface area contributed by atoms with E-state index in [-0.39, 0.29) is 11.2 Å². The first-order valence-electron chi connectivity index (χ1n) is 10.3. The summed E-state index contributed by atoms with van der Waals surface area (Å²) in [7, 11) is 0. The van der Waals surface area contributed by atoms with Gasteiger partial charge < -0.3 is 14.2 Å². The van der Waals surface area contributed by atoms with Crippen LogP contribution in [-0.2, 0) is 25.4 Å². The zero-order valence-electron chi connectivity index (χ0n) is 16.7. The SMILES string of the molecule is Brc1ccc2c(C3(COCC4(c5cccc6cc(Br)ccc56)CO4)CO3)cccc2c1. The molecule has 2 aliphatic rings. The average Bonchev–Trinajstić information content (AvgIpc) is 3.70. The molecule has 0 saturated carbocycles. The summed E-state index contributed by atoms with van der Waals surface area (Å²) in [5, 5.41) is 4.82. The molecule has 4 aromatic carbocycles. The Labute approximate surface area is 197 Å². The Morgan fingerprint density at radius 3 is 1.55 bits per heavy atom. The van der Waals surface area contributed by atoms with Crippen molar-refractivity contribution in [2.75, 3.05) is 26.4 Å². The molecule has 2 fully saturated rings. The first-order valence-corrected chi connectivity index (χ1v) is 11.9. The molecule has 0 bridgehead atoms. The molecule has 156 valence electrons. The van der Waals surface area contributed by atoms with Crippen molar-refractivity contribution < 1.29 is 14.2 Å². The van der Waals surface area contributed by atoms with Gasteiger partial charge in [0, 0.05) is 8.95 Å². The smallest absolute Gasteiger partial charge is 0.140 e. The molecule has 3 nitrogen and oxygen atoms in total. The summed E-state index contributed by atoms with van der Waals surface area (Å²) in [4.78, 5) is 0. The van der Waals surface area contributed by atoms with Crippen LogP contribution in [0, 0.1) is 0 Å². The van der Waals surface area contributed by atoms with Crippen molar-refractivity contribution in [1.82, 2.24) is 0 Å². The molecule has 0 aromatic heterocycles. The Hall–Kier alpha value is -1.76. The highest BCUT2D eigenvalue weighted by molar-refractivity contribution is 9.10. The number of halogens is 2. The van der Waals surface area contributed by atoms with Gasteiger partial charge in [-0.2, -0.15) is 0 Å². The lowest BCUT2D eigenvalue weighted by atomic mass is 9.93. The fourth-order valence-electron chi connectivity index (χ4n) is 4.49. The van der Waals surface area contributed by atoms with Crippen LogP contribution >= 0.6 is 31.9 Å². The van der Waals surface area contributed by atoms with E-state index in [0.717, 1.165) is 8.95 Å². The van der Waals surface area contributed by atoms with Crippen molar-refractivity contribution in [3.8, 4) is 0 Å². The second kappa shape index (κ2) is 7.39. The molecule has 0 N–H and O–H groups in total. The van der Waals surface area contributed by atoms with E-state index in [1.165, 1.54) is 32.7 Å². The zero-order chi connectivity index (χ0) is 21.1. The van der Waals surface area contributed by atoms with E-state index in [1.54, 1.807) is 0 Å². The quantitative estimate of drug-likeness (QED) is 0.256. The number of rotatable bonds is 6. The molecule has 2 unspecified atom stereocenters. The van der Waals surface area contributed by atoms with Gasteiger partial charge in [-0.25, -0.2) is 0 Å². The monoisotopic (exact) mass is 538 g/mol. The molecule has 2 aliphatic heterocycles. The molecule has 5 heteroatoms. The Bertz CT molecular complexity index is 1210. The van der Waals surface area contributed by atoms with E-state index in [0.29, 0.717) is 26.4 Å². The van der Waals surface area contributed by atoms with Crippen molar-refractivity contribution in [2.24, 2.45) is 0 Å². The van der Waals surface area contributed by atoms with Crippen molar-refractivity contribution in [3.05, 3.63) is 92.9 Å². The van der Waals surface area contributed by atoms with Crippen molar-refractivity contribution in [3.63, 3.8) is 0 Å². The highest BCUT2D eigenvalue weighted by Crippen LogP contribution is 2.45. The van der Waals surface area contributed by atoms with Gasteiger partial charge in [0.25, 0.3) is 0 Å². The zero-order valence-corrected chi connectivity index (χ0v) is 19.9. The summed E-state index contributed by atoms with van der Waals surface area (Å²) >= 11 is 7.13. The topological polar surface area (TPSA) is 34.3 Å². The van der Waals surface area contributed by atoms with Gasteiger partial charge in [-0.05, 0) is 56.9 Å². The molecule has 0 amide bonds. The van der Waals surface area contributed by atoms with Crippen LogP contribution < -0.4 is 0 Å². The van der Waals surface area contributed by atoms with E-state index in [2.05, 4.69) is 105 Å². The summed E-state index contributed by atoms with van der Waals surface area (Å²) in [5.41, 5.74) is 1.65. The third kappa shape index (κ3) is 3.53. The maximum Gasteiger partial charge on any atom is 0.140 e. The Morgan fingerprint density at radius 1 is 0.677 bits per heavy atom. The first-order chi connectivity index (χ1) is 15.1. The first kappa shape index (κ1) is 19.9. The molecule has 2 heterocycles. The van der Waals surface area contributed by atoms with E-state index < -0.39 is 0 Å². The molecule has 6 rings (SSSR count). The molecular formula is C26H20Br2O3. The van der Waals surface area contributed by atoms with Crippen LogP contribution in [0.3, 0.4) is 0 Å². The summed E-state index contributed by atoms with van der Waals surface area (Å²) < 4.78 is 20.4. The number of epoxide rings is 2. The lowest BCUT2D eigenvalue weighted by Crippen LogP contribution is -2.24. The summed E-state index contributed by atoms with van der Waals surface area (Å²) in [5.74, 6) is 0. The van der Waals surface area contributed by atoms with Gasteiger partial charge in [-0.15, -0.1) is 0 Å². The summed E-state index contributed by atoms with van der Waals surface area (Å²) in [6.45, 7) is 2.39. The van der Waals surface area contributed by atoms with Crippen LogP contribution in [0.25, 0.3) is 21.5 Å². The summed E-state index contributed by atoms with van der Waals surface area (Å²) in [6, 6.07) is 25.5. The predicted octanol–water partition coefficient (Wildman–Crippen LogP) is 6.69. The van der Waals surface area contributed by atoms with Crippen LogP contribution in [0.4, 0.5) is 0 Å². The second-order valence-electron chi connectivity index (χ2n) is 8.40. The van der Waals surface area contributed by atoms with Crippen LogP contribution in [0.15, 0.2) is 81.7 Å². The van der Waals surface area contributed by atoms with Crippen molar-refractivity contribution in [1.29, 1.82) is 0 Å². The van der Waals surface area contributed by atoms with E-state index in [1.807, 2.05) is 0 Å². The highest BCUT2D eigenvalue weighted by Gasteiger charge is 2.51. The molecular weight excluding hydrogens is 520 g/mol. The number of hydrogen-bond donors (Lipinski definition) is 0. The van der Waals surface area contributed by atoms with Gasteiger partial charge in [0.05, 0.1) is 26.4 Å². The minimum atomic E-state index is -0.368. The van der Waals surface area contributed by atoms with Gasteiger partial charge in [-0.3, -0.25) is 0 Å². The third-order valence-electron chi connectivity index (χ3n) is 6.32. The second-order valence-corrected chi connectivity index (χ2v) is 10.2. The Kier molecular flexibility index (Phi) is 4.74. The number of fused-ring (bicyclic) bond motifs is 2. The van der Waals surface area contributed by atoms with Gasteiger partial charge in [0.1, 0.15) is 11.2 Å². The predicted molar refractivity (Wildman–Crippen MR) is 129 cm³/mol. The van der Waals surface area contributed by atoms with E-state index >= 15 is 0 Å². The van der Waals surface area contributed by atoms with Gasteiger partial charge in [0.2, 0.25) is 0 Å². The van der Waals surface area contributed by atoms with Crippen molar-refractivity contribution in [2.45, 2.75) is 11.2 Å². The third-order valence-corrected chi connectivity index (χ3v) is 7.31. The largest absolute Gasteiger partial charge is 0.375 e. The van der Waals surface area contributed by atoms with Gasteiger partial charge in [0.15, 0.2) is 0 Å². The van der Waals surface area contributed by atoms with Crippen molar-refractivity contribution >= 4 is 53.4 Å². The fraction of sp³-hybridized carbons (Fsp3) is 0.231. The standard InChI is InChI=1S/C26H20Br2O3/c27-19-7-9-21-17(11-19)3-1-5-23(21)25(15-30-25)13-29-14-26(16-31-26)24-6-2-4-18-12-20(28)8-10-22(18)24/h1-12H,13-16H2. The molecule has 31 heavy (non-hydrogen) atoms.